The number of nitrogens with zero attached hydrogens (tertiary/aromatic N) is 3. The van der Waals surface area contributed by atoms with Crippen LogP contribution in [0.1, 0.15) is 22.2 Å². The number of amides is 1. The lowest BCUT2D eigenvalue weighted by Gasteiger charge is -2.02. The Morgan fingerprint density at radius 2 is 2.23 bits per heavy atom. The lowest BCUT2D eigenvalue weighted by atomic mass is 10.3. The normalized spacial score (nSPS) is 10.6. The number of carbonyl (C=O) groups is 1. The van der Waals surface area contributed by atoms with Crippen LogP contribution in [0.2, 0.25) is 5.02 Å². The Hall–Kier alpha value is -2.60. The highest BCUT2D eigenvalue weighted by molar-refractivity contribution is 6.30. The van der Waals surface area contributed by atoms with Crippen molar-refractivity contribution in [1.29, 1.82) is 0 Å². The van der Waals surface area contributed by atoms with E-state index in [1.54, 1.807) is 42.1 Å². The van der Waals surface area contributed by atoms with Gasteiger partial charge in [0.1, 0.15) is 11.6 Å². The fourth-order valence-corrected chi connectivity index (χ4v) is 2.18. The van der Waals surface area contributed by atoms with E-state index in [2.05, 4.69) is 15.4 Å². The number of halogens is 1. The fourth-order valence-electron chi connectivity index (χ4n) is 2.00. The zero-order valence-electron chi connectivity index (χ0n) is 11.8. The number of furan rings is 1. The van der Waals surface area contributed by atoms with Gasteiger partial charge in [-0.05, 0) is 37.3 Å². The van der Waals surface area contributed by atoms with Gasteiger partial charge in [-0.15, -0.1) is 5.10 Å². The molecule has 0 spiro atoms. The monoisotopic (exact) mass is 316 g/mol. The molecule has 0 fully saturated rings. The van der Waals surface area contributed by atoms with Gasteiger partial charge in [0.2, 0.25) is 5.82 Å². The van der Waals surface area contributed by atoms with Gasteiger partial charge in [0.25, 0.3) is 5.91 Å². The minimum atomic E-state index is -0.361. The summed E-state index contributed by atoms with van der Waals surface area (Å²) in [5, 5.41) is 7.53. The van der Waals surface area contributed by atoms with Crippen LogP contribution in [-0.2, 0) is 6.54 Å². The minimum absolute atomic E-state index is 0.101. The molecule has 3 aromatic rings. The Kier molecular flexibility index (Phi) is 3.93. The molecule has 0 saturated carbocycles. The van der Waals surface area contributed by atoms with Crippen molar-refractivity contribution in [3.63, 3.8) is 0 Å². The molecule has 0 aliphatic rings. The Morgan fingerprint density at radius 1 is 1.36 bits per heavy atom. The molecule has 0 unspecified atom stereocenters. The van der Waals surface area contributed by atoms with E-state index < -0.39 is 0 Å². The largest absolute Gasteiger partial charge is 0.467 e. The van der Waals surface area contributed by atoms with Gasteiger partial charge in [-0.1, -0.05) is 17.7 Å². The first-order valence-corrected chi connectivity index (χ1v) is 7.01. The van der Waals surface area contributed by atoms with Gasteiger partial charge in [0, 0.05) is 5.02 Å². The third-order valence-corrected chi connectivity index (χ3v) is 3.26. The lowest BCUT2D eigenvalue weighted by Crippen LogP contribution is -2.24. The number of benzene rings is 1. The Balaban J connectivity index is 1.78. The average Bonchev–Trinajstić information content (AvgIpc) is 3.14. The highest BCUT2D eigenvalue weighted by Gasteiger charge is 2.15. The maximum Gasteiger partial charge on any atom is 0.291 e. The van der Waals surface area contributed by atoms with Crippen LogP contribution in [0.5, 0.6) is 0 Å². The first kappa shape index (κ1) is 14.3. The molecule has 1 amide bonds. The Morgan fingerprint density at radius 3 is 2.95 bits per heavy atom. The van der Waals surface area contributed by atoms with Crippen molar-refractivity contribution in [2.75, 3.05) is 0 Å². The van der Waals surface area contributed by atoms with E-state index in [9.17, 15) is 4.79 Å². The number of carbonyl (C=O) groups excluding carboxylic acids is 1. The highest BCUT2D eigenvalue weighted by Crippen LogP contribution is 2.15. The van der Waals surface area contributed by atoms with Crippen LogP contribution in [-0.4, -0.2) is 20.7 Å². The van der Waals surface area contributed by atoms with Crippen molar-refractivity contribution < 1.29 is 9.21 Å². The third-order valence-electron chi connectivity index (χ3n) is 3.03. The number of rotatable bonds is 4. The predicted molar refractivity (Wildman–Crippen MR) is 81.0 cm³/mol. The first-order chi connectivity index (χ1) is 10.6. The van der Waals surface area contributed by atoms with Crippen LogP contribution in [0.3, 0.4) is 0 Å². The molecule has 0 saturated heterocycles. The SMILES string of the molecule is Cc1nc(C(=O)NCc2ccco2)nn1-c1cccc(Cl)c1. The molecule has 1 aromatic carbocycles. The molecule has 2 heterocycles. The summed E-state index contributed by atoms with van der Waals surface area (Å²) in [6, 6.07) is 10.7. The predicted octanol–water partition coefficient (Wildman–Crippen LogP) is 2.75. The summed E-state index contributed by atoms with van der Waals surface area (Å²) in [7, 11) is 0. The summed E-state index contributed by atoms with van der Waals surface area (Å²) in [5.41, 5.74) is 0.752. The van der Waals surface area contributed by atoms with E-state index in [-0.39, 0.29) is 18.3 Å². The van der Waals surface area contributed by atoms with Crippen molar-refractivity contribution in [2.24, 2.45) is 0 Å². The number of nitrogens with one attached hydrogen (secondary N) is 1. The smallest absolute Gasteiger partial charge is 0.291 e. The second kappa shape index (κ2) is 6.03. The van der Waals surface area contributed by atoms with Gasteiger partial charge >= 0.3 is 0 Å². The summed E-state index contributed by atoms with van der Waals surface area (Å²) < 4.78 is 6.73. The van der Waals surface area contributed by atoms with E-state index in [0.717, 1.165) is 5.69 Å². The molecule has 0 bridgehead atoms. The molecular weight excluding hydrogens is 304 g/mol. The standard InChI is InChI=1S/C15H13ClN4O2/c1-10-18-14(15(21)17-9-13-6-3-7-22-13)19-20(10)12-5-2-4-11(16)8-12/h2-8H,9H2,1H3,(H,17,21). The quantitative estimate of drug-likeness (QED) is 0.803. The van der Waals surface area contributed by atoms with Crippen molar-refractivity contribution in [2.45, 2.75) is 13.5 Å². The number of hydrogen-bond donors (Lipinski definition) is 1. The molecule has 3 rings (SSSR count). The molecule has 0 aliphatic carbocycles. The molecule has 0 aliphatic heterocycles. The Bertz CT molecular complexity index is 796. The van der Waals surface area contributed by atoms with Crippen molar-refractivity contribution >= 4 is 17.5 Å². The lowest BCUT2D eigenvalue weighted by molar-refractivity contribution is 0.0937. The molecule has 22 heavy (non-hydrogen) atoms. The summed E-state index contributed by atoms with van der Waals surface area (Å²) in [5.74, 6) is 1.01. The molecule has 0 radical (unpaired) electrons. The molecule has 7 heteroatoms. The van der Waals surface area contributed by atoms with Crippen molar-refractivity contribution in [3.05, 3.63) is 65.1 Å². The average molecular weight is 317 g/mol. The van der Waals surface area contributed by atoms with Crippen LogP contribution >= 0.6 is 11.6 Å². The molecule has 112 valence electrons. The van der Waals surface area contributed by atoms with E-state index in [1.807, 2.05) is 12.1 Å². The maximum atomic E-state index is 12.1. The number of aryl methyl sites for hydroxylation is 1. The number of aromatic nitrogens is 3. The summed E-state index contributed by atoms with van der Waals surface area (Å²) in [4.78, 5) is 16.3. The van der Waals surface area contributed by atoms with E-state index >= 15 is 0 Å². The number of hydrogen-bond acceptors (Lipinski definition) is 4. The molecule has 0 atom stereocenters. The van der Waals surface area contributed by atoms with Gasteiger partial charge in [0.05, 0.1) is 18.5 Å². The van der Waals surface area contributed by atoms with Crippen LogP contribution in [0.4, 0.5) is 0 Å². The van der Waals surface area contributed by atoms with Crippen molar-refractivity contribution in [3.8, 4) is 5.69 Å². The maximum absolute atomic E-state index is 12.1. The van der Waals surface area contributed by atoms with Gasteiger partial charge in [-0.3, -0.25) is 4.79 Å². The second-order valence-electron chi connectivity index (χ2n) is 4.64. The molecule has 6 nitrogen and oxygen atoms in total. The molecule has 2 aromatic heterocycles. The Labute approximate surface area is 131 Å². The van der Waals surface area contributed by atoms with Crippen LogP contribution in [0.15, 0.2) is 47.1 Å². The third kappa shape index (κ3) is 3.01. The van der Waals surface area contributed by atoms with E-state index in [1.165, 1.54) is 0 Å². The van der Waals surface area contributed by atoms with Crippen LogP contribution < -0.4 is 5.32 Å². The van der Waals surface area contributed by atoms with E-state index in [4.69, 9.17) is 16.0 Å². The van der Waals surface area contributed by atoms with E-state index in [0.29, 0.717) is 16.6 Å². The topological polar surface area (TPSA) is 73.0 Å². The first-order valence-electron chi connectivity index (χ1n) is 6.63. The molecule has 1 N–H and O–H groups in total. The molecular formula is C15H13ClN4O2. The van der Waals surface area contributed by atoms with Crippen LogP contribution in [0, 0.1) is 6.92 Å². The second-order valence-corrected chi connectivity index (χ2v) is 5.07. The van der Waals surface area contributed by atoms with Gasteiger partial charge in [0.15, 0.2) is 0 Å². The minimum Gasteiger partial charge on any atom is -0.467 e. The zero-order valence-corrected chi connectivity index (χ0v) is 12.5. The van der Waals surface area contributed by atoms with Gasteiger partial charge in [-0.25, -0.2) is 9.67 Å². The summed E-state index contributed by atoms with van der Waals surface area (Å²) in [6.07, 6.45) is 1.55. The van der Waals surface area contributed by atoms with Crippen LogP contribution in [0.25, 0.3) is 5.69 Å². The van der Waals surface area contributed by atoms with Crippen molar-refractivity contribution in [1.82, 2.24) is 20.1 Å². The van der Waals surface area contributed by atoms with Gasteiger partial charge < -0.3 is 9.73 Å². The fraction of sp³-hybridized carbons (Fsp3) is 0.133. The highest BCUT2D eigenvalue weighted by atomic mass is 35.5. The summed E-state index contributed by atoms with van der Waals surface area (Å²) >= 11 is 5.97. The summed E-state index contributed by atoms with van der Waals surface area (Å²) in [6.45, 7) is 2.06. The zero-order chi connectivity index (χ0) is 15.5. The van der Waals surface area contributed by atoms with Gasteiger partial charge in [-0.2, -0.15) is 0 Å².